The van der Waals surface area contributed by atoms with Crippen LogP contribution in [0.5, 0.6) is 5.75 Å². The lowest BCUT2D eigenvalue weighted by atomic mass is 10.2. The molecule has 3 rings (SSSR count). The lowest BCUT2D eigenvalue weighted by Gasteiger charge is -2.19. The second-order valence-electron chi connectivity index (χ2n) is 6.53. The van der Waals surface area contributed by atoms with Crippen LogP contribution in [0.3, 0.4) is 0 Å². The largest absolute Gasteiger partial charge is 0.494 e. The summed E-state index contributed by atoms with van der Waals surface area (Å²) in [6, 6.07) is 15.2. The Labute approximate surface area is 165 Å². The first-order chi connectivity index (χ1) is 13.2. The smallest absolute Gasteiger partial charge is 0.257 e. The average Bonchev–Trinajstić information content (AvgIpc) is 3.21. The highest BCUT2D eigenvalue weighted by atomic mass is 32.1. The minimum absolute atomic E-state index is 0.259. The van der Waals surface area contributed by atoms with Gasteiger partial charge in [0.25, 0.3) is 5.91 Å². The van der Waals surface area contributed by atoms with Gasteiger partial charge in [-0.2, -0.15) is 0 Å². The first-order valence-corrected chi connectivity index (χ1v) is 9.77. The Morgan fingerprint density at radius 1 is 1.15 bits per heavy atom. The van der Waals surface area contributed by atoms with Gasteiger partial charge >= 0.3 is 0 Å². The van der Waals surface area contributed by atoms with Gasteiger partial charge in [-0.15, -0.1) is 0 Å². The van der Waals surface area contributed by atoms with Crippen molar-refractivity contribution < 1.29 is 9.53 Å². The van der Waals surface area contributed by atoms with Crippen molar-refractivity contribution in [2.24, 2.45) is 0 Å². The lowest BCUT2D eigenvalue weighted by molar-refractivity contribution is 0.0977. The van der Waals surface area contributed by atoms with Crippen molar-refractivity contribution >= 4 is 34.6 Å². The lowest BCUT2D eigenvalue weighted by Crippen LogP contribution is -2.34. The van der Waals surface area contributed by atoms with Crippen molar-refractivity contribution in [3.8, 4) is 5.75 Å². The standard InChI is InChI=1S/C21H25N3O2S/c1-2-13-26-19-10-5-7-16(14-19)20(25)23-21(27)22-17-8-6-9-18(15-17)24-11-3-4-12-24/h5-10,14-15H,2-4,11-13H2,1H3,(H2,22,23,25,27). The molecule has 2 aromatic rings. The molecule has 6 heteroatoms. The maximum atomic E-state index is 12.4. The van der Waals surface area contributed by atoms with Crippen LogP contribution >= 0.6 is 12.2 Å². The van der Waals surface area contributed by atoms with Gasteiger partial charge in [-0.25, -0.2) is 0 Å². The van der Waals surface area contributed by atoms with E-state index in [4.69, 9.17) is 17.0 Å². The highest BCUT2D eigenvalue weighted by Gasteiger charge is 2.13. The SMILES string of the molecule is CCCOc1cccc(C(=O)NC(=S)Nc2cccc(N3CCCC3)c2)c1. The van der Waals surface area contributed by atoms with E-state index in [1.54, 1.807) is 18.2 Å². The van der Waals surface area contributed by atoms with Crippen LogP contribution in [0.4, 0.5) is 11.4 Å². The predicted molar refractivity (Wildman–Crippen MR) is 114 cm³/mol. The van der Waals surface area contributed by atoms with Crippen LogP contribution in [0.15, 0.2) is 48.5 Å². The van der Waals surface area contributed by atoms with Crippen molar-refractivity contribution in [3.63, 3.8) is 0 Å². The summed E-state index contributed by atoms with van der Waals surface area (Å²) in [5, 5.41) is 6.10. The van der Waals surface area contributed by atoms with Crippen LogP contribution in [-0.4, -0.2) is 30.7 Å². The highest BCUT2D eigenvalue weighted by Crippen LogP contribution is 2.23. The van der Waals surface area contributed by atoms with Crippen molar-refractivity contribution in [1.82, 2.24) is 5.32 Å². The van der Waals surface area contributed by atoms with E-state index in [0.29, 0.717) is 17.9 Å². The summed E-state index contributed by atoms with van der Waals surface area (Å²) < 4.78 is 5.58. The van der Waals surface area contributed by atoms with E-state index in [-0.39, 0.29) is 11.0 Å². The second-order valence-corrected chi connectivity index (χ2v) is 6.94. The van der Waals surface area contributed by atoms with Gasteiger partial charge < -0.3 is 15.0 Å². The van der Waals surface area contributed by atoms with Crippen LogP contribution in [0.25, 0.3) is 0 Å². The Kier molecular flexibility index (Phi) is 6.65. The Balaban J connectivity index is 1.59. The molecule has 2 aromatic carbocycles. The molecule has 1 saturated heterocycles. The van der Waals surface area contributed by atoms with E-state index in [1.807, 2.05) is 25.1 Å². The normalized spacial score (nSPS) is 13.3. The minimum atomic E-state index is -0.259. The number of ether oxygens (including phenoxy) is 1. The number of benzene rings is 2. The molecule has 0 saturated carbocycles. The first-order valence-electron chi connectivity index (χ1n) is 9.36. The molecule has 0 unspecified atom stereocenters. The van der Waals surface area contributed by atoms with Crippen molar-refractivity contribution in [1.29, 1.82) is 0 Å². The van der Waals surface area contributed by atoms with E-state index in [1.165, 1.54) is 18.5 Å². The number of hydrogen-bond acceptors (Lipinski definition) is 4. The summed E-state index contributed by atoms with van der Waals surface area (Å²) in [6.07, 6.45) is 3.38. The number of amides is 1. The summed E-state index contributed by atoms with van der Waals surface area (Å²) in [4.78, 5) is 14.8. The van der Waals surface area contributed by atoms with E-state index >= 15 is 0 Å². The van der Waals surface area contributed by atoms with Gasteiger partial charge in [0.05, 0.1) is 6.61 Å². The summed E-state index contributed by atoms with van der Waals surface area (Å²) in [7, 11) is 0. The molecule has 27 heavy (non-hydrogen) atoms. The van der Waals surface area contributed by atoms with Crippen molar-refractivity contribution in [2.45, 2.75) is 26.2 Å². The zero-order chi connectivity index (χ0) is 19.1. The van der Waals surface area contributed by atoms with E-state index in [2.05, 4.69) is 27.7 Å². The molecule has 0 bridgehead atoms. The van der Waals surface area contributed by atoms with Crippen LogP contribution < -0.4 is 20.3 Å². The fraction of sp³-hybridized carbons (Fsp3) is 0.333. The molecule has 2 N–H and O–H groups in total. The Morgan fingerprint density at radius 3 is 2.70 bits per heavy atom. The average molecular weight is 384 g/mol. The molecule has 0 spiro atoms. The third-order valence-corrected chi connectivity index (χ3v) is 4.58. The van der Waals surface area contributed by atoms with Crippen LogP contribution in [0.1, 0.15) is 36.5 Å². The van der Waals surface area contributed by atoms with Gasteiger partial charge in [0.15, 0.2) is 5.11 Å². The number of nitrogens with zero attached hydrogens (tertiary/aromatic N) is 1. The molecule has 0 atom stereocenters. The fourth-order valence-corrected chi connectivity index (χ4v) is 3.25. The van der Waals surface area contributed by atoms with Gasteiger partial charge in [0.2, 0.25) is 0 Å². The fourth-order valence-electron chi connectivity index (χ4n) is 3.04. The Morgan fingerprint density at radius 2 is 1.93 bits per heavy atom. The minimum Gasteiger partial charge on any atom is -0.494 e. The molecular formula is C21H25N3O2S. The number of nitrogens with one attached hydrogen (secondary N) is 2. The first kappa shape index (κ1) is 19.2. The molecule has 1 heterocycles. The number of carbonyl (C=O) groups excluding carboxylic acids is 1. The maximum Gasteiger partial charge on any atom is 0.257 e. The van der Waals surface area contributed by atoms with Gasteiger partial charge in [0.1, 0.15) is 5.75 Å². The zero-order valence-electron chi connectivity index (χ0n) is 15.5. The van der Waals surface area contributed by atoms with Gasteiger partial charge in [-0.1, -0.05) is 19.1 Å². The topological polar surface area (TPSA) is 53.6 Å². The summed E-state index contributed by atoms with van der Waals surface area (Å²) >= 11 is 5.31. The molecule has 1 amide bonds. The molecule has 5 nitrogen and oxygen atoms in total. The zero-order valence-corrected chi connectivity index (χ0v) is 16.3. The number of rotatable bonds is 6. The molecule has 142 valence electrons. The summed E-state index contributed by atoms with van der Waals surface area (Å²) in [5.41, 5.74) is 2.55. The van der Waals surface area contributed by atoms with Crippen molar-refractivity contribution in [3.05, 3.63) is 54.1 Å². The third kappa shape index (κ3) is 5.44. The summed E-state index contributed by atoms with van der Waals surface area (Å²) in [5.74, 6) is 0.423. The molecule has 0 radical (unpaired) electrons. The molecule has 1 aliphatic heterocycles. The number of thiocarbonyl (C=S) groups is 1. The second kappa shape index (κ2) is 9.37. The summed E-state index contributed by atoms with van der Waals surface area (Å²) in [6.45, 7) is 4.83. The van der Waals surface area contributed by atoms with Crippen molar-refractivity contribution in [2.75, 3.05) is 29.9 Å². The van der Waals surface area contributed by atoms with Gasteiger partial charge in [-0.05, 0) is 67.9 Å². The predicted octanol–water partition coefficient (Wildman–Crippen LogP) is 4.20. The highest BCUT2D eigenvalue weighted by molar-refractivity contribution is 7.80. The van der Waals surface area contributed by atoms with Gasteiger partial charge in [-0.3, -0.25) is 10.1 Å². The number of hydrogen-bond donors (Lipinski definition) is 2. The maximum absolute atomic E-state index is 12.4. The third-order valence-electron chi connectivity index (χ3n) is 4.37. The quantitative estimate of drug-likeness (QED) is 0.732. The van der Waals surface area contributed by atoms with Gasteiger partial charge in [0, 0.05) is 30.0 Å². The van der Waals surface area contributed by atoms with E-state index < -0.39 is 0 Å². The number of anilines is 2. The van der Waals surface area contributed by atoms with E-state index in [9.17, 15) is 4.79 Å². The molecule has 0 aromatic heterocycles. The van der Waals surface area contributed by atoms with Crippen LogP contribution in [-0.2, 0) is 0 Å². The Bertz CT molecular complexity index is 804. The monoisotopic (exact) mass is 383 g/mol. The molecule has 0 aliphatic carbocycles. The molecule has 1 aliphatic rings. The van der Waals surface area contributed by atoms with E-state index in [0.717, 1.165) is 25.2 Å². The molecular weight excluding hydrogens is 358 g/mol. The van der Waals surface area contributed by atoms with Crippen LogP contribution in [0, 0.1) is 0 Å². The number of carbonyl (C=O) groups is 1. The Hall–Kier alpha value is -2.60. The molecule has 1 fully saturated rings. The van der Waals surface area contributed by atoms with Crippen LogP contribution in [0.2, 0.25) is 0 Å².